The van der Waals surface area contributed by atoms with E-state index in [0.717, 1.165) is 5.56 Å². The van der Waals surface area contributed by atoms with Crippen LogP contribution in [0.1, 0.15) is 68.6 Å². The van der Waals surface area contributed by atoms with Gasteiger partial charge in [0.1, 0.15) is 34.9 Å². The number of aliphatic hydroxyl groups excluding tert-OH is 1. The van der Waals surface area contributed by atoms with Crippen molar-refractivity contribution in [2.45, 2.75) is 71.4 Å². The van der Waals surface area contributed by atoms with Gasteiger partial charge in [0.15, 0.2) is 5.78 Å². The number of fused-ring (bicyclic) bond motifs is 6. The van der Waals surface area contributed by atoms with Crippen LogP contribution in [0.2, 0.25) is 0 Å². The summed E-state index contributed by atoms with van der Waals surface area (Å²) < 4.78 is 17.7. The van der Waals surface area contributed by atoms with Crippen molar-refractivity contribution in [2.75, 3.05) is 7.11 Å². The summed E-state index contributed by atoms with van der Waals surface area (Å²) in [6.45, 7) is 9.72. The van der Waals surface area contributed by atoms with E-state index in [2.05, 4.69) is 6.92 Å². The molecule has 5 rings (SSSR count). The Kier molecular flexibility index (Phi) is 4.64. The maximum absolute atomic E-state index is 12.7. The number of hydrogen-bond donors (Lipinski definition) is 2. The molecule has 2 N–H and O–H groups in total. The van der Waals surface area contributed by atoms with Gasteiger partial charge in [0.25, 0.3) is 0 Å². The highest BCUT2D eigenvalue weighted by atomic mass is 16.6. The molecular formula is C26H32O7. The third-order valence-corrected chi connectivity index (χ3v) is 9.03. The standard InChI is InChI=1S/C26H32O7/c1-12-22(31-6)20-13-9-17-25(4)8-7-18(28)24(2,3)16(25)11-19(29)26(17,5)33-15(13)10-14(27)21(20)23(30)32-12/h7-8,10,12,16-17,19,22,27,29H,9,11H2,1-6H3/t12-,16+,17+,19+,22+,25+,26-/m1/s1. The molecular weight excluding hydrogens is 424 g/mol. The molecule has 33 heavy (non-hydrogen) atoms. The van der Waals surface area contributed by atoms with Crippen LogP contribution >= 0.6 is 0 Å². The molecule has 0 bridgehead atoms. The van der Waals surface area contributed by atoms with Crippen molar-refractivity contribution < 1.29 is 34.0 Å². The third kappa shape index (κ3) is 2.75. The number of phenols is 1. The Bertz CT molecular complexity index is 1090. The Hall–Kier alpha value is -2.38. The average molecular weight is 457 g/mol. The first-order valence-electron chi connectivity index (χ1n) is 11.6. The van der Waals surface area contributed by atoms with Crippen LogP contribution in [0, 0.1) is 22.7 Å². The molecule has 2 aliphatic carbocycles. The molecule has 0 spiro atoms. The number of carbonyl (C=O) groups is 2. The minimum absolute atomic E-state index is 0.0659. The minimum atomic E-state index is -0.927. The Balaban J connectivity index is 1.72. The Morgan fingerprint density at radius 2 is 1.85 bits per heavy atom. The molecule has 0 amide bonds. The fourth-order valence-corrected chi connectivity index (χ4v) is 7.12. The molecule has 0 unspecified atom stereocenters. The monoisotopic (exact) mass is 456 g/mol. The van der Waals surface area contributed by atoms with Crippen LogP contribution in [0.4, 0.5) is 0 Å². The van der Waals surface area contributed by atoms with E-state index in [9.17, 15) is 19.8 Å². The summed E-state index contributed by atoms with van der Waals surface area (Å²) in [7, 11) is 1.55. The lowest BCUT2D eigenvalue weighted by molar-refractivity contribution is -0.190. The topological polar surface area (TPSA) is 102 Å². The van der Waals surface area contributed by atoms with Crippen molar-refractivity contribution in [1.82, 2.24) is 0 Å². The van der Waals surface area contributed by atoms with E-state index >= 15 is 0 Å². The highest BCUT2D eigenvalue weighted by molar-refractivity contribution is 5.97. The number of aromatic hydroxyl groups is 1. The number of esters is 1. The molecule has 7 nitrogen and oxygen atoms in total. The Morgan fingerprint density at radius 1 is 1.15 bits per heavy atom. The summed E-state index contributed by atoms with van der Waals surface area (Å²) in [5, 5.41) is 22.0. The summed E-state index contributed by atoms with van der Waals surface area (Å²) in [6.07, 6.45) is 2.73. The lowest BCUT2D eigenvalue weighted by atomic mass is 9.45. The van der Waals surface area contributed by atoms with Gasteiger partial charge in [-0.05, 0) is 44.1 Å². The molecule has 2 heterocycles. The van der Waals surface area contributed by atoms with Crippen LogP contribution in [0.25, 0.3) is 0 Å². The number of benzene rings is 1. The predicted octanol–water partition coefficient (Wildman–Crippen LogP) is 3.50. The van der Waals surface area contributed by atoms with Crippen LogP contribution < -0.4 is 4.74 Å². The lowest BCUT2D eigenvalue weighted by Gasteiger charge is -2.62. The first-order valence-corrected chi connectivity index (χ1v) is 11.6. The van der Waals surface area contributed by atoms with Crippen molar-refractivity contribution in [2.24, 2.45) is 22.7 Å². The van der Waals surface area contributed by atoms with Crippen molar-refractivity contribution in [1.29, 1.82) is 0 Å². The first-order chi connectivity index (χ1) is 15.4. The van der Waals surface area contributed by atoms with Gasteiger partial charge in [-0.25, -0.2) is 4.79 Å². The van der Waals surface area contributed by atoms with E-state index in [1.807, 2.05) is 26.8 Å². The van der Waals surface area contributed by atoms with Crippen molar-refractivity contribution in [3.63, 3.8) is 0 Å². The summed E-state index contributed by atoms with van der Waals surface area (Å²) in [5.74, 6) is -0.536. The molecule has 0 aromatic heterocycles. The van der Waals surface area contributed by atoms with E-state index in [-0.39, 0.29) is 28.9 Å². The number of aliphatic hydroxyl groups is 1. The zero-order valence-corrected chi connectivity index (χ0v) is 20.0. The zero-order valence-electron chi connectivity index (χ0n) is 20.0. The molecule has 0 saturated heterocycles. The van der Waals surface area contributed by atoms with E-state index in [4.69, 9.17) is 14.2 Å². The SMILES string of the molecule is CO[C@@H]1c2c3c(cc(O)c2C(=O)O[C@@H]1C)O[C@@]1(C)[C@@H](O)C[C@H]2C(C)(C)C(=O)C=C[C@]2(C)[C@@H]1C3. The Morgan fingerprint density at radius 3 is 2.52 bits per heavy atom. The van der Waals surface area contributed by atoms with Crippen molar-refractivity contribution in [3.05, 3.63) is 34.9 Å². The van der Waals surface area contributed by atoms with Crippen molar-refractivity contribution in [3.8, 4) is 11.5 Å². The molecule has 2 aliphatic heterocycles. The molecule has 178 valence electrons. The number of phenolic OH excluding ortho intramolecular Hbond substituents is 1. The second-order valence-electron chi connectivity index (χ2n) is 11.1. The van der Waals surface area contributed by atoms with Gasteiger partial charge in [-0.1, -0.05) is 26.8 Å². The van der Waals surface area contributed by atoms with Gasteiger partial charge in [0.05, 0.1) is 6.10 Å². The largest absolute Gasteiger partial charge is 0.507 e. The minimum Gasteiger partial charge on any atom is -0.507 e. The smallest absolute Gasteiger partial charge is 0.342 e. The zero-order chi connectivity index (χ0) is 24.1. The molecule has 4 aliphatic rings. The van der Waals surface area contributed by atoms with E-state index in [1.54, 1.807) is 20.1 Å². The third-order valence-electron chi connectivity index (χ3n) is 9.03. The van der Waals surface area contributed by atoms with Gasteiger partial charge in [-0.3, -0.25) is 4.79 Å². The number of ketones is 1. The maximum atomic E-state index is 12.7. The van der Waals surface area contributed by atoms with E-state index in [0.29, 0.717) is 24.2 Å². The average Bonchev–Trinajstić information content (AvgIpc) is 2.72. The molecule has 1 aromatic rings. The highest BCUT2D eigenvalue weighted by Gasteiger charge is 2.65. The van der Waals surface area contributed by atoms with Gasteiger partial charge in [0, 0.05) is 35.6 Å². The first kappa shape index (κ1) is 22.4. The second kappa shape index (κ2) is 6.83. The number of cyclic esters (lactones) is 1. The summed E-state index contributed by atoms with van der Waals surface area (Å²) in [6, 6.07) is 1.45. The number of rotatable bonds is 1. The molecule has 1 aromatic carbocycles. The van der Waals surface area contributed by atoms with Gasteiger partial charge in [0.2, 0.25) is 0 Å². The van der Waals surface area contributed by atoms with Gasteiger partial charge in [-0.2, -0.15) is 0 Å². The fourth-order valence-electron chi connectivity index (χ4n) is 7.12. The van der Waals surface area contributed by atoms with Gasteiger partial charge < -0.3 is 24.4 Å². The number of ether oxygens (including phenoxy) is 3. The maximum Gasteiger partial charge on any atom is 0.342 e. The molecule has 1 fully saturated rings. The molecule has 1 saturated carbocycles. The van der Waals surface area contributed by atoms with Crippen LogP contribution in [0.5, 0.6) is 11.5 Å². The summed E-state index contributed by atoms with van der Waals surface area (Å²) in [5.41, 5.74) is -0.473. The normalized spacial score (nSPS) is 40.6. The number of hydrogen-bond acceptors (Lipinski definition) is 7. The van der Waals surface area contributed by atoms with Crippen LogP contribution in [-0.2, 0) is 20.7 Å². The molecule has 0 radical (unpaired) electrons. The van der Waals surface area contributed by atoms with Crippen LogP contribution in [-0.4, -0.2) is 46.9 Å². The van der Waals surface area contributed by atoms with Gasteiger partial charge in [-0.15, -0.1) is 0 Å². The Labute approximate surface area is 193 Å². The second-order valence-corrected chi connectivity index (χ2v) is 11.1. The van der Waals surface area contributed by atoms with Crippen LogP contribution in [0.15, 0.2) is 18.2 Å². The predicted molar refractivity (Wildman–Crippen MR) is 119 cm³/mol. The lowest BCUT2D eigenvalue weighted by Crippen LogP contribution is -2.67. The quantitative estimate of drug-likeness (QED) is 0.624. The van der Waals surface area contributed by atoms with E-state index < -0.39 is 40.7 Å². The number of carbonyl (C=O) groups excluding carboxylic acids is 2. The molecule has 7 heteroatoms. The number of allylic oxidation sites excluding steroid dienone is 2. The fraction of sp³-hybridized carbons (Fsp3) is 0.615. The van der Waals surface area contributed by atoms with E-state index in [1.165, 1.54) is 6.07 Å². The summed E-state index contributed by atoms with van der Waals surface area (Å²) >= 11 is 0. The summed E-state index contributed by atoms with van der Waals surface area (Å²) in [4.78, 5) is 25.5. The number of methoxy groups -OCH3 is 1. The van der Waals surface area contributed by atoms with Gasteiger partial charge >= 0.3 is 5.97 Å². The van der Waals surface area contributed by atoms with Crippen LogP contribution in [0.3, 0.4) is 0 Å². The highest BCUT2D eigenvalue weighted by Crippen LogP contribution is 2.63. The van der Waals surface area contributed by atoms with Crippen molar-refractivity contribution >= 4 is 11.8 Å². The molecule has 7 atom stereocenters.